The second-order valence-corrected chi connectivity index (χ2v) is 13.5. The summed E-state index contributed by atoms with van der Waals surface area (Å²) in [4.78, 5) is 13.2. The minimum atomic E-state index is -4.16. The maximum atomic E-state index is 13.8. The molecule has 220 valence electrons. The standard InChI is InChI=1S/C31H33N3O6S2/c1-21-6-13-28(14-7-21)42(38,39)34(29-18-22(2)8-17-30(29)40-5)20-31(35)32-25-11-15-27(16-12-25)41(36,37)33-26-10-9-23(3)24(4)19-26/h6-19,33H,20H2,1-5H3,(H,32,35). The Balaban J connectivity index is 1.57. The molecule has 0 aliphatic rings. The van der Waals surface area contributed by atoms with Gasteiger partial charge in [0.25, 0.3) is 20.0 Å². The topological polar surface area (TPSA) is 122 Å². The van der Waals surface area contributed by atoms with Crippen LogP contribution < -0.4 is 19.1 Å². The van der Waals surface area contributed by atoms with Crippen LogP contribution in [0.15, 0.2) is 94.7 Å². The van der Waals surface area contributed by atoms with Crippen LogP contribution in [0.25, 0.3) is 0 Å². The maximum Gasteiger partial charge on any atom is 0.264 e. The van der Waals surface area contributed by atoms with Crippen molar-refractivity contribution >= 4 is 43.0 Å². The van der Waals surface area contributed by atoms with Gasteiger partial charge in [0.15, 0.2) is 0 Å². The number of carbonyl (C=O) groups excluding carboxylic acids is 1. The summed E-state index contributed by atoms with van der Waals surface area (Å²) in [5, 5.41) is 2.67. The van der Waals surface area contributed by atoms with E-state index in [-0.39, 0.29) is 21.2 Å². The lowest BCUT2D eigenvalue weighted by atomic mass is 10.1. The Morgan fingerprint density at radius 3 is 1.93 bits per heavy atom. The van der Waals surface area contributed by atoms with E-state index >= 15 is 0 Å². The number of aryl methyl sites for hydroxylation is 4. The van der Waals surface area contributed by atoms with E-state index in [1.165, 1.54) is 43.5 Å². The molecule has 0 saturated carbocycles. The Labute approximate surface area is 247 Å². The fourth-order valence-corrected chi connectivity index (χ4v) is 6.67. The molecule has 0 heterocycles. The SMILES string of the molecule is COc1ccc(C)cc1N(CC(=O)Nc1ccc(S(=O)(=O)Nc2ccc(C)c(C)c2)cc1)S(=O)(=O)c1ccc(C)cc1. The number of nitrogens with one attached hydrogen (secondary N) is 2. The Hall–Kier alpha value is -4.35. The van der Waals surface area contributed by atoms with Crippen molar-refractivity contribution in [1.82, 2.24) is 0 Å². The quantitative estimate of drug-likeness (QED) is 0.243. The van der Waals surface area contributed by atoms with Gasteiger partial charge in [-0.2, -0.15) is 0 Å². The molecule has 11 heteroatoms. The van der Waals surface area contributed by atoms with Crippen LogP contribution in [-0.2, 0) is 24.8 Å². The van der Waals surface area contributed by atoms with E-state index in [0.717, 1.165) is 26.6 Å². The van der Waals surface area contributed by atoms with Gasteiger partial charge in [0, 0.05) is 11.4 Å². The molecule has 0 aromatic heterocycles. The van der Waals surface area contributed by atoms with Gasteiger partial charge in [0.1, 0.15) is 12.3 Å². The molecule has 0 unspecified atom stereocenters. The van der Waals surface area contributed by atoms with Crippen LogP contribution in [0.5, 0.6) is 5.75 Å². The van der Waals surface area contributed by atoms with Gasteiger partial charge in [-0.1, -0.05) is 29.8 Å². The molecule has 4 aromatic rings. The first-order valence-corrected chi connectivity index (χ1v) is 16.0. The fourth-order valence-electron chi connectivity index (χ4n) is 4.20. The van der Waals surface area contributed by atoms with E-state index in [1.54, 1.807) is 42.5 Å². The lowest BCUT2D eigenvalue weighted by Gasteiger charge is -2.26. The van der Waals surface area contributed by atoms with E-state index in [2.05, 4.69) is 10.0 Å². The van der Waals surface area contributed by atoms with Crippen LogP contribution in [0.4, 0.5) is 17.1 Å². The molecular formula is C31H33N3O6S2. The summed E-state index contributed by atoms with van der Waals surface area (Å²) in [6.07, 6.45) is 0. The van der Waals surface area contributed by atoms with Crippen LogP contribution in [0, 0.1) is 27.7 Å². The molecule has 9 nitrogen and oxygen atoms in total. The number of ether oxygens (including phenoxy) is 1. The molecule has 0 radical (unpaired) electrons. The Morgan fingerprint density at radius 2 is 1.31 bits per heavy atom. The summed E-state index contributed by atoms with van der Waals surface area (Å²) < 4.78 is 62.3. The first-order valence-electron chi connectivity index (χ1n) is 13.0. The molecule has 2 N–H and O–H groups in total. The number of sulfonamides is 2. The van der Waals surface area contributed by atoms with Crippen LogP contribution in [-0.4, -0.2) is 36.4 Å². The van der Waals surface area contributed by atoms with Crippen LogP contribution >= 0.6 is 0 Å². The zero-order valence-electron chi connectivity index (χ0n) is 24.0. The number of methoxy groups -OCH3 is 1. The molecule has 42 heavy (non-hydrogen) atoms. The van der Waals surface area contributed by atoms with E-state index in [1.807, 2.05) is 33.8 Å². The number of rotatable bonds is 10. The predicted molar refractivity (Wildman–Crippen MR) is 165 cm³/mol. The van der Waals surface area contributed by atoms with E-state index in [4.69, 9.17) is 4.74 Å². The van der Waals surface area contributed by atoms with Crippen molar-refractivity contribution in [2.24, 2.45) is 0 Å². The lowest BCUT2D eigenvalue weighted by Crippen LogP contribution is -2.38. The highest BCUT2D eigenvalue weighted by Crippen LogP contribution is 2.33. The predicted octanol–water partition coefficient (Wildman–Crippen LogP) is 5.56. The average Bonchev–Trinajstić information content (AvgIpc) is 2.94. The van der Waals surface area contributed by atoms with Crippen molar-refractivity contribution < 1.29 is 26.4 Å². The molecule has 0 spiro atoms. The zero-order valence-corrected chi connectivity index (χ0v) is 25.6. The lowest BCUT2D eigenvalue weighted by molar-refractivity contribution is -0.114. The van der Waals surface area contributed by atoms with Crippen molar-refractivity contribution in [3.05, 3.63) is 107 Å². The summed E-state index contributed by atoms with van der Waals surface area (Å²) in [6, 6.07) is 22.3. The number of hydrogen-bond donors (Lipinski definition) is 2. The van der Waals surface area contributed by atoms with Crippen molar-refractivity contribution in [3.63, 3.8) is 0 Å². The molecule has 0 fully saturated rings. The molecule has 0 atom stereocenters. The number of hydrogen-bond acceptors (Lipinski definition) is 6. The van der Waals surface area contributed by atoms with Gasteiger partial charge in [-0.05, 0) is 105 Å². The van der Waals surface area contributed by atoms with E-state index < -0.39 is 32.5 Å². The second-order valence-electron chi connectivity index (χ2n) is 9.98. The number of anilines is 3. The summed E-state index contributed by atoms with van der Waals surface area (Å²) in [7, 11) is -6.61. The van der Waals surface area contributed by atoms with Gasteiger partial charge >= 0.3 is 0 Å². The highest BCUT2D eigenvalue weighted by atomic mass is 32.2. The molecular weight excluding hydrogens is 574 g/mol. The van der Waals surface area contributed by atoms with Crippen molar-refractivity contribution in [1.29, 1.82) is 0 Å². The third-order valence-electron chi connectivity index (χ3n) is 6.71. The monoisotopic (exact) mass is 607 g/mol. The van der Waals surface area contributed by atoms with Crippen molar-refractivity contribution in [3.8, 4) is 5.75 Å². The van der Waals surface area contributed by atoms with Crippen LogP contribution in [0.2, 0.25) is 0 Å². The normalized spacial score (nSPS) is 11.5. The van der Waals surface area contributed by atoms with Crippen molar-refractivity contribution in [2.45, 2.75) is 37.5 Å². The van der Waals surface area contributed by atoms with Crippen molar-refractivity contribution in [2.75, 3.05) is 28.0 Å². The molecule has 0 bridgehead atoms. The highest BCUT2D eigenvalue weighted by molar-refractivity contribution is 7.93. The zero-order chi connectivity index (χ0) is 30.7. The summed E-state index contributed by atoms with van der Waals surface area (Å²) in [6.45, 7) is 6.94. The summed E-state index contributed by atoms with van der Waals surface area (Å²) in [5.74, 6) is -0.340. The Morgan fingerprint density at radius 1 is 0.714 bits per heavy atom. The third-order valence-corrected chi connectivity index (χ3v) is 9.88. The largest absolute Gasteiger partial charge is 0.495 e. The first kappa shape index (κ1) is 30.6. The van der Waals surface area contributed by atoms with Gasteiger partial charge in [-0.15, -0.1) is 0 Å². The minimum absolute atomic E-state index is 0.00630. The van der Waals surface area contributed by atoms with Crippen LogP contribution in [0.3, 0.4) is 0 Å². The maximum absolute atomic E-state index is 13.8. The van der Waals surface area contributed by atoms with Gasteiger partial charge < -0.3 is 10.1 Å². The van der Waals surface area contributed by atoms with E-state index in [9.17, 15) is 21.6 Å². The third kappa shape index (κ3) is 6.92. The van der Waals surface area contributed by atoms with Gasteiger partial charge in [0.05, 0.1) is 22.6 Å². The minimum Gasteiger partial charge on any atom is -0.495 e. The Kier molecular flexibility index (Phi) is 8.93. The van der Waals surface area contributed by atoms with Gasteiger partial charge in [-0.25, -0.2) is 16.8 Å². The number of nitrogens with zero attached hydrogens (tertiary/aromatic N) is 1. The molecule has 0 aliphatic heterocycles. The second kappa shape index (κ2) is 12.3. The number of benzene rings is 4. The van der Waals surface area contributed by atoms with Crippen LogP contribution in [0.1, 0.15) is 22.3 Å². The fraction of sp³-hybridized carbons (Fsp3) is 0.194. The van der Waals surface area contributed by atoms with Gasteiger partial charge in [-0.3, -0.25) is 13.8 Å². The highest BCUT2D eigenvalue weighted by Gasteiger charge is 2.29. The smallest absolute Gasteiger partial charge is 0.264 e. The molecule has 4 rings (SSSR count). The number of amides is 1. The molecule has 4 aromatic carbocycles. The summed E-state index contributed by atoms with van der Waals surface area (Å²) in [5.41, 5.74) is 4.62. The Bertz CT molecular complexity index is 1820. The van der Waals surface area contributed by atoms with E-state index in [0.29, 0.717) is 11.4 Å². The van der Waals surface area contributed by atoms with Gasteiger partial charge in [0.2, 0.25) is 5.91 Å². The summed E-state index contributed by atoms with van der Waals surface area (Å²) >= 11 is 0. The molecule has 1 amide bonds. The molecule has 0 saturated heterocycles. The molecule has 0 aliphatic carbocycles. The first-order chi connectivity index (χ1) is 19.8. The number of carbonyl (C=O) groups is 1. The average molecular weight is 608 g/mol.